The van der Waals surface area contributed by atoms with Gasteiger partial charge in [0.1, 0.15) is 5.75 Å². The summed E-state index contributed by atoms with van der Waals surface area (Å²) < 4.78 is 10.8. The Morgan fingerprint density at radius 2 is 2.00 bits per heavy atom. The average molecular weight is 208 g/mol. The molecule has 0 aromatic heterocycles. The molecule has 82 valence electrons. The Hall–Kier alpha value is -1.38. The van der Waals surface area contributed by atoms with Gasteiger partial charge in [0, 0.05) is 6.07 Å². The molecule has 0 heterocycles. The number of hydrogen-bond acceptors (Lipinski definition) is 3. The second kappa shape index (κ2) is 4.43. The zero-order chi connectivity index (χ0) is 10.7. The minimum absolute atomic E-state index is 0.183. The SMILES string of the molecule is COc1ccc(O)c(OC2CCCC2)c1. The van der Waals surface area contributed by atoms with Crippen molar-refractivity contribution < 1.29 is 14.6 Å². The van der Waals surface area contributed by atoms with Gasteiger partial charge in [0.2, 0.25) is 0 Å². The third-order valence-corrected chi connectivity index (χ3v) is 2.76. The Morgan fingerprint density at radius 1 is 1.27 bits per heavy atom. The summed E-state index contributed by atoms with van der Waals surface area (Å²) >= 11 is 0. The van der Waals surface area contributed by atoms with Crippen molar-refractivity contribution >= 4 is 0 Å². The molecule has 0 bridgehead atoms. The molecule has 3 nitrogen and oxygen atoms in total. The fourth-order valence-electron chi connectivity index (χ4n) is 1.90. The Balaban J connectivity index is 2.11. The number of ether oxygens (including phenoxy) is 2. The van der Waals surface area contributed by atoms with Crippen LogP contribution in [0.1, 0.15) is 25.7 Å². The van der Waals surface area contributed by atoms with E-state index in [2.05, 4.69) is 0 Å². The number of hydrogen-bond donors (Lipinski definition) is 1. The van der Waals surface area contributed by atoms with Crippen LogP contribution in [0.4, 0.5) is 0 Å². The number of aromatic hydroxyl groups is 1. The quantitative estimate of drug-likeness (QED) is 0.830. The van der Waals surface area contributed by atoms with E-state index in [1.807, 2.05) is 0 Å². The van der Waals surface area contributed by atoms with Crippen LogP contribution in [0.25, 0.3) is 0 Å². The lowest BCUT2D eigenvalue weighted by Gasteiger charge is -2.14. The Kier molecular flexibility index (Phi) is 2.99. The van der Waals surface area contributed by atoms with E-state index in [-0.39, 0.29) is 11.9 Å². The lowest BCUT2D eigenvalue weighted by Crippen LogP contribution is -2.10. The van der Waals surface area contributed by atoms with Crippen molar-refractivity contribution in [1.29, 1.82) is 0 Å². The van der Waals surface area contributed by atoms with Crippen molar-refractivity contribution in [1.82, 2.24) is 0 Å². The van der Waals surface area contributed by atoms with Gasteiger partial charge in [-0.3, -0.25) is 0 Å². The Bertz CT molecular complexity index is 330. The summed E-state index contributed by atoms with van der Waals surface area (Å²) in [6.07, 6.45) is 4.85. The molecule has 2 rings (SSSR count). The zero-order valence-electron chi connectivity index (χ0n) is 8.90. The van der Waals surface area contributed by atoms with Crippen LogP contribution in [-0.4, -0.2) is 18.3 Å². The predicted molar refractivity (Wildman–Crippen MR) is 57.5 cm³/mol. The van der Waals surface area contributed by atoms with Gasteiger partial charge in [-0.15, -0.1) is 0 Å². The molecule has 1 N–H and O–H groups in total. The number of benzene rings is 1. The zero-order valence-corrected chi connectivity index (χ0v) is 8.90. The van der Waals surface area contributed by atoms with E-state index in [4.69, 9.17) is 9.47 Å². The third-order valence-electron chi connectivity index (χ3n) is 2.76. The molecule has 1 aliphatic carbocycles. The first-order valence-corrected chi connectivity index (χ1v) is 5.33. The van der Waals surface area contributed by atoms with Crippen LogP contribution in [-0.2, 0) is 0 Å². The van der Waals surface area contributed by atoms with Gasteiger partial charge in [0.05, 0.1) is 13.2 Å². The van der Waals surface area contributed by atoms with Crippen LogP contribution >= 0.6 is 0 Å². The maximum atomic E-state index is 9.61. The molecule has 0 spiro atoms. The van der Waals surface area contributed by atoms with Gasteiger partial charge >= 0.3 is 0 Å². The highest BCUT2D eigenvalue weighted by atomic mass is 16.5. The third kappa shape index (κ3) is 2.35. The van der Waals surface area contributed by atoms with Gasteiger partial charge in [-0.2, -0.15) is 0 Å². The molecule has 15 heavy (non-hydrogen) atoms. The van der Waals surface area contributed by atoms with Crippen LogP contribution in [0.2, 0.25) is 0 Å². The highest BCUT2D eigenvalue weighted by Gasteiger charge is 2.18. The van der Waals surface area contributed by atoms with E-state index in [1.165, 1.54) is 12.8 Å². The lowest BCUT2D eigenvalue weighted by molar-refractivity contribution is 0.201. The van der Waals surface area contributed by atoms with Crippen LogP contribution in [0.3, 0.4) is 0 Å². The minimum Gasteiger partial charge on any atom is -0.504 e. The van der Waals surface area contributed by atoms with Crippen molar-refractivity contribution in [2.24, 2.45) is 0 Å². The van der Waals surface area contributed by atoms with E-state index >= 15 is 0 Å². The van der Waals surface area contributed by atoms with Gasteiger partial charge in [-0.25, -0.2) is 0 Å². The first-order chi connectivity index (χ1) is 7.29. The van der Waals surface area contributed by atoms with Gasteiger partial charge in [0.25, 0.3) is 0 Å². The average Bonchev–Trinajstić information content (AvgIpc) is 2.74. The maximum absolute atomic E-state index is 9.61. The second-order valence-electron chi connectivity index (χ2n) is 3.86. The Labute approximate surface area is 89.6 Å². The molecule has 1 aromatic rings. The molecule has 1 saturated carbocycles. The van der Waals surface area contributed by atoms with Crippen molar-refractivity contribution in [3.05, 3.63) is 18.2 Å². The van der Waals surface area contributed by atoms with Crippen LogP contribution in [0, 0.1) is 0 Å². The standard InChI is InChI=1S/C12H16O3/c1-14-10-6-7-11(13)12(8-10)15-9-4-2-3-5-9/h6-9,13H,2-5H2,1H3. The minimum atomic E-state index is 0.183. The van der Waals surface area contributed by atoms with Crippen LogP contribution in [0.5, 0.6) is 17.2 Å². The van der Waals surface area contributed by atoms with Crippen LogP contribution < -0.4 is 9.47 Å². The summed E-state index contributed by atoms with van der Waals surface area (Å²) in [6.45, 7) is 0. The summed E-state index contributed by atoms with van der Waals surface area (Å²) in [5.41, 5.74) is 0. The number of phenols is 1. The van der Waals surface area contributed by atoms with Crippen molar-refractivity contribution in [2.45, 2.75) is 31.8 Å². The molecule has 0 radical (unpaired) electrons. The lowest BCUT2D eigenvalue weighted by atomic mass is 10.2. The van der Waals surface area contributed by atoms with Gasteiger partial charge < -0.3 is 14.6 Å². The number of methoxy groups -OCH3 is 1. The maximum Gasteiger partial charge on any atom is 0.165 e. The Morgan fingerprint density at radius 3 is 2.67 bits per heavy atom. The topological polar surface area (TPSA) is 38.7 Å². The largest absolute Gasteiger partial charge is 0.504 e. The van der Waals surface area contributed by atoms with Crippen molar-refractivity contribution in [3.8, 4) is 17.2 Å². The monoisotopic (exact) mass is 208 g/mol. The highest BCUT2D eigenvalue weighted by molar-refractivity contribution is 5.44. The second-order valence-corrected chi connectivity index (χ2v) is 3.86. The molecule has 3 heteroatoms. The van der Waals surface area contributed by atoms with E-state index in [0.717, 1.165) is 12.8 Å². The molecular formula is C12H16O3. The fourth-order valence-corrected chi connectivity index (χ4v) is 1.90. The highest BCUT2D eigenvalue weighted by Crippen LogP contribution is 2.33. The molecule has 0 amide bonds. The number of rotatable bonds is 3. The van der Waals surface area contributed by atoms with Gasteiger partial charge in [-0.05, 0) is 37.8 Å². The molecule has 1 fully saturated rings. The molecule has 0 unspecified atom stereocenters. The summed E-state index contributed by atoms with van der Waals surface area (Å²) in [5.74, 6) is 1.42. The van der Waals surface area contributed by atoms with E-state index in [9.17, 15) is 5.11 Å². The van der Waals surface area contributed by atoms with E-state index < -0.39 is 0 Å². The molecule has 0 saturated heterocycles. The fraction of sp³-hybridized carbons (Fsp3) is 0.500. The normalized spacial score (nSPS) is 16.6. The first kappa shape index (κ1) is 10.1. The van der Waals surface area contributed by atoms with E-state index in [0.29, 0.717) is 11.5 Å². The van der Waals surface area contributed by atoms with Gasteiger partial charge in [-0.1, -0.05) is 0 Å². The predicted octanol–water partition coefficient (Wildman–Crippen LogP) is 2.72. The van der Waals surface area contributed by atoms with Crippen molar-refractivity contribution in [3.63, 3.8) is 0 Å². The molecule has 0 aliphatic heterocycles. The summed E-state index contributed by atoms with van der Waals surface area (Å²) in [5, 5.41) is 9.61. The smallest absolute Gasteiger partial charge is 0.165 e. The summed E-state index contributed by atoms with van der Waals surface area (Å²) in [7, 11) is 1.60. The van der Waals surface area contributed by atoms with Crippen LogP contribution in [0.15, 0.2) is 18.2 Å². The van der Waals surface area contributed by atoms with Gasteiger partial charge in [0.15, 0.2) is 11.5 Å². The number of phenolic OH excluding ortho intramolecular Hbond substituents is 1. The first-order valence-electron chi connectivity index (χ1n) is 5.33. The molecule has 0 atom stereocenters. The van der Waals surface area contributed by atoms with Crippen molar-refractivity contribution in [2.75, 3.05) is 7.11 Å². The molecule has 1 aromatic carbocycles. The summed E-state index contributed by atoms with van der Waals surface area (Å²) in [6, 6.07) is 5.05. The molecular weight excluding hydrogens is 192 g/mol. The molecule has 1 aliphatic rings. The summed E-state index contributed by atoms with van der Waals surface area (Å²) in [4.78, 5) is 0. The van der Waals surface area contributed by atoms with E-state index in [1.54, 1.807) is 25.3 Å².